The predicted molar refractivity (Wildman–Crippen MR) is 107 cm³/mol. The monoisotopic (exact) mass is 418 g/mol. The maximum Gasteiger partial charge on any atom is 0.152 e. The molecule has 0 aliphatic carbocycles. The lowest BCUT2D eigenvalue weighted by Gasteiger charge is -2.34. The molecule has 154 valence electrons. The van der Waals surface area contributed by atoms with E-state index in [4.69, 9.17) is 16.3 Å². The number of sulfone groups is 1. The molecule has 7 nitrogen and oxygen atoms in total. The Bertz CT molecular complexity index is 750. The van der Waals surface area contributed by atoms with E-state index in [9.17, 15) is 8.42 Å². The fourth-order valence-corrected chi connectivity index (χ4v) is 5.98. The van der Waals surface area contributed by atoms with Gasteiger partial charge in [-0.15, -0.1) is 0 Å². The molecule has 2 aliphatic rings. The molecule has 2 atom stereocenters. The molecule has 0 bridgehead atoms. The molecule has 0 radical (unpaired) electrons. The first-order valence-electron chi connectivity index (χ1n) is 9.73. The average Bonchev–Trinajstić information content (AvgIpc) is 3.08. The van der Waals surface area contributed by atoms with Crippen molar-refractivity contribution >= 4 is 21.4 Å². The van der Waals surface area contributed by atoms with Crippen LogP contribution in [0, 0.1) is 12.8 Å². The van der Waals surface area contributed by atoms with E-state index >= 15 is 0 Å². The van der Waals surface area contributed by atoms with Gasteiger partial charge in [0.1, 0.15) is 5.15 Å². The Labute approximate surface area is 167 Å². The van der Waals surface area contributed by atoms with E-state index in [2.05, 4.69) is 29.2 Å². The van der Waals surface area contributed by atoms with Crippen LogP contribution in [0.25, 0.3) is 0 Å². The molecule has 1 aromatic heterocycles. The molecule has 3 rings (SSSR count). The summed E-state index contributed by atoms with van der Waals surface area (Å²) >= 11 is 6.53. The van der Waals surface area contributed by atoms with Crippen molar-refractivity contribution in [3.63, 3.8) is 0 Å². The third-order valence-corrected chi connectivity index (χ3v) is 7.37. The van der Waals surface area contributed by atoms with Crippen LogP contribution in [0.5, 0.6) is 0 Å². The first-order valence-corrected chi connectivity index (χ1v) is 11.9. The van der Waals surface area contributed by atoms with E-state index in [1.165, 1.54) is 0 Å². The lowest BCUT2D eigenvalue weighted by Crippen LogP contribution is -2.47. The van der Waals surface area contributed by atoms with Gasteiger partial charge in [0.05, 0.1) is 36.0 Å². The molecule has 2 fully saturated rings. The molecule has 0 unspecified atom stereocenters. The van der Waals surface area contributed by atoms with Crippen molar-refractivity contribution in [3.05, 3.63) is 16.4 Å². The Hall–Kier alpha value is -0.670. The topological polar surface area (TPSA) is 76.5 Å². The minimum atomic E-state index is -2.97. The maximum absolute atomic E-state index is 11.7. The van der Waals surface area contributed by atoms with E-state index in [-0.39, 0.29) is 23.7 Å². The Balaban J connectivity index is 1.54. The standard InChI is InChI=1S/C18H31ClN4O3S/c1-13(2)10-22-5-6-26-16(11-22)8-20-9-17-14(3)21-23(18(17)19)15-4-7-27(24,25)12-15/h13,15-16,20H,4-12H2,1-3H3/t15-,16+/m0/s1. The summed E-state index contributed by atoms with van der Waals surface area (Å²) in [4.78, 5) is 2.46. The molecule has 3 heterocycles. The van der Waals surface area contributed by atoms with Crippen molar-refractivity contribution in [1.29, 1.82) is 0 Å². The highest BCUT2D eigenvalue weighted by atomic mass is 35.5. The van der Waals surface area contributed by atoms with E-state index in [1.807, 2.05) is 6.92 Å². The Morgan fingerprint density at radius 2 is 2.19 bits per heavy atom. The van der Waals surface area contributed by atoms with Crippen LogP contribution < -0.4 is 5.32 Å². The van der Waals surface area contributed by atoms with Crippen molar-refractivity contribution in [2.45, 2.75) is 45.9 Å². The van der Waals surface area contributed by atoms with Crippen molar-refractivity contribution in [2.75, 3.05) is 44.3 Å². The molecule has 2 saturated heterocycles. The van der Waals surface area contributed by atoms with Crippen molar-refractivity contribution < 1.29 is 13.2 Å². The summed E-state index contributed by atoms with van der Waals surface area (Å²) in [5, 5.41) is 8.50. The molecule has 27 heavy (non-hydrogen) atoms. The number of ether oxygens (including phenoxy) is 1. The van der Waals surface area contributed by atoms with Crippen molar-refractivity contribution in [1.82, 2.24) is 20.0 Å². The number of halogens is 1. The summed E-state index contributed by atoms with van der Waals surface area (Å²) in [5.74, 6) is 0.998. The summed E-state index contributed by atoms with van der Waals surface area (Å²) in [6.45, 7) is 11.6. The van der Waals surface area contributed by atoms with Gasteiger partial charge in [0.15, 0.2) is 9.84 Å². The van der Waals surface area contributed by atoms with Crippen LogP contribution in [-0.2, 0) is 21.1 Å². The lowest BCUT2D eigenvalue weighted by atomic mass is 10.1. The second-order valence-corrected chi connectivity index (χ2v) is 10.7. The molecule has 1 N–H and O–H groups in total. The summed E-state index contributed by atoms with van der Waals surface area (Å²) in [6, 6.07) is -0.152. The summed E-state index contributed by atoms with van der Waals surface area (Å²) < 4.78 is 31.1. The van der Waals surface area contributed by atoms with Crippen LogP contribution in [0.1, 0.15) is 37.6 Å². The molecule has 9 heteroatoms. The first kappa shape index (κ1) is 21.0. The fraction of sp³-hybridized carbons (Fsp3) is 0.833. The highest BCUT2D eigenvalue weighted by Crippen LogP contribution is 2.29. The van der Waals surface area contributed by atoms with Gasteiger partial charge in [-0.2, -0.15) is 5.10 Å². The number of nitrogens with zero attached hydrogens (tertiary/aromatic N) is 3. The van der Waals surface area contributed by atoms with Crippen LogP contribution >= 0.6 is 11.6 Å². The fourth-order valence-electron chi connectivity index (χ4n) is 3.91. The highest BCUT2D eigenvalue weighted by molar-refractivity contribution is 7.91. The van der Waals surface area contributed by atoms with Gasteiger partial charge in [0.2, 0.25) is 0 Å². The minimum Gasteiger partial charge on any atom is -0.374 e. The van der Waals surface area contributed by atoms with E-state index < -0.39 is 9.84 Å². The average molecular weight is 419 g/mol. The summed E-state index contributed by atoms with van der Waals surface area (Å²) in [7, 11) is -2.97. The second kappa shape index (κ2) is 8.78. The van der Waals surface area contributed by atoms with Gasteiger partial charge in [0.25, 0.3) is 0 Å². The van der Waals surface area contributed by atoms with Gasteiger partial charge >= 0.3 is 0 Å². The van der Waals surface area contributed by atoms with Gasteiger partial charge in [-0.25, -0.2) is 13.1 Å². The summed E-state index contributed by atoms with van der Waals surface area (Å²) in [5.41, 5.74) is 1.79. The number of aromatic nitrogens is 2. The van der Waals surface area contributed by atoms with Crippen LogP contribution in [0.15, 0.2) is 0 Å². The molecule has 0 saturated carbocycles. The number of hydrogen-bond donors (Lipinski definition) is 1. The van der Waals surface area contributed by atoms with Gasteiger partial charge in [-0.3, -0.25) is 4.90 Å². The zero-order chi connectivity index (χ0) is 19.6. The molecular formula is C18H31ClN4O3S. The number of nitrogens with one attached hydrogen (secondary N) is 1. The van der Waals surface area contributed by atoms with Gasteiger partial charge in [-0.05, 0) is 19.3 Å². The number of aryl methyl sites for hydroxylation is 1. The number of rotatable bonds is 7. The van der Waals surface area contributed by atoms with E-state index in [1.54, 1.807) is 4.68 Å². The van der Waals surface area contributed by atoms with Crippen LogP contribution in [0.4, 0.5) is 0 Å². The molecule has 2 aliphatic heterocycles. The number of morpholine rings is 1. The smallest absolute Gasteiger partial charge is 0.152 e. The van der Waals surface area contributed by atoms with Gasteiger partial charge < -0.3 is 10.1 Å². The largest absolute Gasteiger partial charge is 0.374 e. The van der Waals surface area contributed by atoms with Crippen molar-refractivity contribution in [3.8, 4) is 0 Å². The van der Waals surface area contributed by atoms with Gasteiger partial charge in [-0.1, -0.05) is 25.4 Å². The first-order chi connectivity index (χ1) is 12.7. The van der Waals surface area contributed by atoms with Crippen LogP contribution in [-0.4, -0.2) is 73.5 Å². The van der Waals surface area contributed by atoms with Crippen molar-refractivity contribution in [2.24, 2.45) is 5.92 Å². The Kier molecular flexibility index (Phi) is 6.84. The zero-order valence-corrected chi connectivity index (χ0v) is 18.0. The zero-order valence-electron chi connectivity index (χ0n) is 16.4. The van der Waals surface area contributed by atoms with Crippen LogP contribution in [0.3, 0.4) is 0 Å². The third kappa shape index (κ3) is 5.44. The van der Waals surface area contributed by atoms with E-state index in [0.717, 1.165) is 44.0 Å². The summed E-state index contributed by atoms with van der Waals surface area (Å²) in [6.07, 6.45) is 0.754. The predicted octanol–water partition coefficient (Wildman–Crippen LogP) is 1.65. The quantitative estimate of drug-likeness (QED) is 0.725. The molecular weight excluding hydrogens is 388 g/mol. The Morgan fingerprint density at radius 3 is 2.85 bits per heavy atom. The molecule has 1 aromatic rings. The van der Waals surface area contributed by atoms with Crippen LogP contribution in [0.2, 0.25) is 5.15 Å². The van der Waals surface area contributed by atoms with Gasteiger partial charge in [0, 0.05) is 38.3 Å². The SMILES string of the molecule is Cc1nn([C@H]2CCS(=O)(=O)C2)c(Cl)c1CNC[C@@H]1CN(CC(C)C)CCO1. The number of hydrogen-bond acceptors (Lipinski definition) is 6. The third-order valence-electron chi connectivity index (χ3n) is 5.22. The second-order valence-electron chi connectivity index (χ2n) is 8.13. The molecule has 0 aromatic carbocycles. The minimum absolute atomic E-state index is 0.127. The highest BCUT2D eigenvalue weighted by Gasteiger charge is 2.32. The Morgan fingerprint density at radius 1 is 1.41 bits per heavy atom. The normalized spacial score (nSPS) is 26.1. The lowest BCUT2D eigenvalue weighted by molar-refractivity contribution is -0.0303. The molecule has 0 amide bonds. The molecule has 0 spiro atoms. The van der Waals surface area contributed by atoms with E-state index in [0.29, 0.717) is 24.0 Å². The maximum atomic E-state index is 11.7.